The minimum Gasteiger partial charge on any atom is -0.507 e. The molecular weight excluding hydrogens is 388 g/mol. The van der Waals surface area contributed by atoms with E-state index >= 15 is 0 Å². The van der Waals surface area contributed by atoms with E-state index in [1.165, 1.54) is 19.3 Å². The summed E-state index contributed by atoms with van der Waals surface area (Å²) >= 11 is 0. The van der Waals surface area contributed by atoms with Crippen molar-refractivity contribution in [1.82, 2.24) is 5.32 Å². The number of nitrogens with two attached hydrogens (primary N) is 1. The molecule has 2 fully saturated rings. The van der Waals surface area contributed by atoms with Crippen LogP contribution in [0.3, 0.4) is 0 Å². The molecule has 29 heavy (non-hydrogen) atoms. The van der Waals surface area contributed by atoms with E-state index in [-0.39, 0.29) is 35.2 Å². The predicted octanol–water partition coefficient (Wildman–Crippen LogP) is 3.43. The Hall–Kier alpha value is -1.30. The van der Waals surface area contributed by atoms with Crippen LogP contribution in [0.4, 0.5) is 0 Å². The van der Waals surface area contributed by atoms with Crippen molar-refractivity contribution in [3.05, 3.63) is 28.8 Å². The van der Waals surface area contributed by atoms with E-state index in [1.54, 1.807) is 6.07 Å². The number of aromatic hydroxyl groups is 1. The van der Waals surface area contributed by atoms with Crippen LogP contribution in [0.5, 0.6) is 5.75 Å². The van der Waals surface area contributed by atoms with Gasteiger partial charge in [0.25, 0.3) is 5.91 Å². The predicted molar refractivity (Wildman–Crippen MR) is 117 cm³/mol. The van der Waals surface area contributed by atoms with Gasteiger partial charge in [-0.1, -0.05) is 25.8 Å². The zero-order valence-electron chi connectivity index (χ0n) is 17.3. The fraction of sp³-hybridized carbons (Fsp3) is 0.696. The molecular formula is C23H35ClN2O3. The first-order chi connectivity index (χ1) is 13.5. The Morgan fingerprint density at radius 1 is 1.28 bits per heavy atom. The molecule has 162 valence electrons. The molecule has 0 radical (unpaired) electrons. The Bertz CT molecular complexity index is 752. The number of primary amides is 1. The molecule has 3 aliphatic rings. The zero-order valence-corrected chi connectivity index (χ0v) is 18.1. The topological polar surface area (TPSA) is 95.6 Å². The molecule has 0 heterocycles. The summed E-state index contributed by atoms with van der Waals surface area (Å²) in [5, 5.41) is 25.5. The average Bonchev–Trinajstić information content (AvgIpc) is 2.59. The minimum absolute atomic E-state index is 0. The number of aliphatic hydroxyl groups is 1. The molecule has 2 saturated carbocycles. The van der Waals surface area contributed by atoms with Crippen LogP contribution in [-0.2, 0) is 11.8 Å². The van der Waals surface area contributed by atoms with Gasteiger partial charge in [-0.15, -0.1) is 12.4 Å². The molecule has 1 aromatic rings. The van der Waals surface area contributed by atoms with Crippen molar-refractivity contribution < 1.29 is 15.0 Å². The van der Waals surface area contributed by atoms with E-state index in [9.17, 15) is 15.0 Å². The van der Waals surface area contributed by atoms with E-state index in [0.717, 1.165) is 55.7 Å². The van der Waals surface area contributed by atoms with Crippen molar-refractivity contribution in [3.8, 4) is 5.75 Å². The van der Waals surface area contributed by atoms with Gasteiger partial charge in [0.2, 0.25) is 0 Å². The second-order valence-electron chi connectivity index (χ2n) is 9.32. The Morgan fingerprint density at radius 2 is 2.03 bits per heavy atom. The van der Waals surface area contributed by atoms with Crippen LogP contribution in [0.2, 0.25) is 0 Å². The Balaban J connectivity index is 0.00000240. The number of nitrogens with one attached hydrogen (secondary N) is 1. The quantitative estimate of drug-likeness (QED) is 0.564. The summed E-state index contributed by atoms with van der Waals surface area (Å²) in [5.41, 5.74) is 7.42. The average molecular weight is 423 g/mol. The van der Waals surface area contributed by atoms with E-state index < -0.39 is 5.91 Å². The van der Waals surface area contributed by atoms with Gasteiger partial charge < -0.3 is 21.3 Å². The van der Waals surface area contributed by atoms with Crippen molar-refractivity contribution in [1.29, 1.82) is 0 Å². The molecule has 3 aliphatic carbocycles. The van der Waals surface area contributed by atoms with Crippen molar-refractivity contribution in [3.63, 3.8) is 0 Å². The van der Waals surface area contributed by atoms with E-state index in [4.69, 9.17) is 5.73 Å². The van der Waals surface area contributed by atoms with Gasteiger partial charge in [-0.2, -0.15) is 0 Å². The number of carbonyl (C=O) groups excluding carboxylic acids is 1. The van der Waals surface area contributed by atoms with Gasteiger partial charge in [0.05, 0.1) is 11.7 Å². The number of hydrogen-bond acceptors (Lipinski definition) is 4. The molecule has 1 aromatic carbocycles. The highest BCUT2D eigenvalue weighted by atomic mass is 35.5. The molecule has 0 saturated heterocycles. The summed E-state index contributed by atoms with van der Waals surface area (Å²) < 4.78 is 0. The first-order valence-corrected chi connectivity index (χ1v) is 11.0. The molecule has 0 aliphatic heterocycles. The second-order valence-corrected chi connectivity index (χ2v) is 9.32. The molecule has 0 unspecified atom stereocenters. The summed E-state index contributed by atoms with van der Waals surface area (Å²) in [5.74, 6) is 0.610. The second kappa shape index (κ2) is 8.83. The maximum absolute atomic E-state index is 11.9. The molecule has 0 aromatic heterocycles. The van der Waals surface area contributed by atoms with Crippen LogP contribution in [0, 0.1) is 11.8 Å². The number of carbonyl (C=O) groups is 1. The Kier molecular flexibility index (Phi) is 6.81. The highest BCUT2D eigenvalue weighted by molar-refractivity contribution is 5.96. The summed E-state index contributed by atoms with van der Waals surface area (Å²) in [4.78, 5) is 11.9. The van der Waals surface area contributed by atoms with Gasteiger partial charge in [0, 0.05) is 17.0 Å². The summed E-state index contributed by atoms with van der Waals surface area (Å²) in [6.45, 7) is 3.22. The highest BCUT2D eigenvalue weighted by Crippen LogP contribution is 2.55. The largest absolute Gasteiger partial charge is 0.507 e. The zero-order chi connectivity index (χ0) is 19.9. The first-order valence-electron chi connectivity index (χ1n) is 11.0. The first kappa shape index (κ1) is 22.4. The van der Waals surface area contributed by atoms with Crippen molar-refractivity contribution in [2.24, 2.45) is 17.6 Å². The molecule has 0 spiro atoms. The number of halogens is 1. The highest BCUT2D eigenvalue weighted by Gasteiger charge is 2.52. The van der Waals surface area contributed by atoms with Crippen LogP contribution in [0.15, 0.2) is 12.1 Å². The molecule has 5 N–H and O–H groups in total. The monoisotopic (exact) mass is 422 g/mol. The standard InChI is InChI=1S/C23H34N2O3.ClH/c1-2-10-23-12-16(26)7-9-18(23)19(25-13-14-4-3-5-14)11-15-6-8-17(22(24)28)21(27)20(15)23;/h6,8,14,16,18-19,25-27H,2-5,7,9-13H2,1H3,(H2,24,28);1H/t16-,18-,19+,23-;/m0./s1. The number of amides is 1. The lowest BCUT2D eigenvalue weighted by Gasteiger charge is -2.54. The fourth-order valence-electron chi connectivity index (χ4n) is 6.22. The fourth-order valence-corrected chi connectivity index (χ4v) is 6.22. The Morgan fingerprint density at radius 3 is 2.66 bits per heavy atom. The third kappa shape index (κ3) is 3.89. The molecule has 1 amide bonds. The van der Waals surface area contributed by atoms with Crippen LogP contribution in [0.25, 0.3) is 0 Å². The number of aliphatic hydroxyl groups excluding tert-OH is 1. The summed E-state index contributed by atoms with van der Waals surface area (Å²) in [6, 6.07) is 3.99. The van der Waals surface area contributed by atoms with E-state index in [1.807, 2.05) is 6.07 Å². The van der Waals surface area contributed by atoms with Crippen LogP contribution < -0.4 is 11.1 Å². The third-order valence-electron chi connectivity index (χ3n) is 7.66. The lowest BCUT2D eigenvalue weighted by Crippen LogP contribution is -2.56. The summed E-state index contributed by atoms with van der Waals surface area (Å²) in [7, 11) is 0. The van der Waals surface area contributed by atoms with E-state index in [2.05, 4.69) is 12.2 Å². The van der Waals surface area contributed by atoms with Gasteiger partial charge in [-0.25, -0.2) is 0 Å². The maximum atomic E-state index is 11.9. The molecule has 5 nitrogen and oxygen atoms in total. The van der Waals surface area contributed by atoms with E-state index in [0.29, 0.717) is 18.4 Å². The van der Waals surface area contributed by atoms with Crippen molar-refractivity contribution in [2.75, 3.05) is 6.54 Å². The molecule has 4 atom stereocenters. The number of hydrogen-bond donors (Lipinski definition) is 4. The number of phenols is 1. The Labute approximate surface area is 179 Å². The molecule has 4 rings (SSSR count). The van der Waals surface area contributed by atoms with Crippen molar-refractivity contribution >= 4 is 18.3 Å². The summed E-state index contributed by atoms with van der Waals surface area (Å²) in [6.07, 6.45) is 8.77. The van der Waals surface area contributed by atoms with Gasteiger partial charge in [-0.3, -0.25) is 4.79 Å². The lowest BCUT2D eigenvalue weighted by atomic mass is 9.53. The van der Waals surface area contributed by atoms with Crippen LogP contribution in [-0.4, -0.2) is 34.8 Å². The minimum atomic E-state index is -0.593. The third-order valence-corrected chi connectivity index (χ3v) is 7.66. The smallest absolute Gasteiger partial charge is 0.252 e. The maximum Gasteiger partial charge on any atom is 0.252 e. The van der Waals surface area contributed by atoms with Gasteiger partial charge >= 0.3 is 0 Å². The van der Waals surface area contributed by atoms with Crippen LogP contribution >= 0.6 is 12.4 Å². The van der Waals surface area contributed by atoms with Gasteiger partial charge in [-0.05, 0) is 75.0 Å². The van der Waals surface area contributed by atoms with Crippen molar-refractivity contribution in [2.45, 2.75) is 82.3 Å². The number of fused-ring (bicyclic) bond motifs is 3. The number of rotatable bonds is 6. The van der Waals surface area contributed by atoms with Crippen LogP contribution in [0.1, 0.15) is 79.8 Å². The number of benzene rings is 1. The SMILES string of the molecule is CCC[C@]12C[C@@H](O)CC[C@H]1[C@H](NCC1CCC1)Cc1ccc(C(N)=O)c(O)c12.Cl. The lowest BCUT2D eigenvalue weighted by molar-refractivity contribution is 0.0173. The van der Waals surface area contributed by atoms with Gasteiger partial charge in [0.15, 0.2) is 0 Å². The van der Waals surface area contributed by atoms with Gasteiger partial charge in [0.1, 0.15) is 5.75 Å². The normalized spacial score (nSPS) is 31.2. The molecule has 0 bridgehead atoms. The molecule has 6 heteroatoms.